The minimum Gasteiger partial charge on any atom is -0.356 e. The summed E-state index contributed by atoms with van der Waals surface area (Å²) in [6, 6.07) is 0. The molecule has 74 valence electrons. The molecule has 4 atom stereocenters. The lowest BCUT2D eigenvalue weighted by atomic mass is 10.2. The molecule has 1 aliphatic carbocycles. The number of ether oxygens (including phenoxy) is 2. The number of hydrogen-bond donors (Lipinski definition) is 0. The number of hydrazone groups is 1. The predicted molar refractivity (Wildman–Crippen MR) is 49.4 cm³/mol. The van der Waals surface area contributed by atoms with Crippen LogP contribution < -0.4 is 0 Å². The fourth-order valence-electron chi connectivity index (χ4n) is 1.86. The highest BCUT2D eigenvalue weighted by atomic mass is 16.7. The number of hydrogen-bond acceptors (Lipinski definition) is 4. The zero-order valence-electron chi connectivity index (χ0n) is 8.30. The first-order chi connectivity index (χ1) is 6.22. The Morgan fingerprint density at radius 3 is 2.77 bits per heavy atom. The van der Waals surface area contributed by atoms with Gasteiger partial charge in [-0.05, 0) is 12.3 Å². The van der Waals surface area contributed by atoms with E-state index in [0.717, 1.165) is 0 Å². The van der Waals surface area contributed by atoms with Crippen molar-refractivity contribution in [2.45, 2.75) is 18.8 Å². The van der Waals surface area contributed by atoms with Gasteiger partial charge >= 0.3 is 0 Å². The van der Waals surface area contributed by atoms with E-state index in [1.54, 1.807) is 12.1 Å². The summed E-state index contributed by atoms with van der Waals surface area (Å²) >= 11 is 0. The van der Waals surface area contributed by atoms with Crippen LogP contribution in [-0.2, 0) is 9.47 Å². The molecular formula is C9H16N2O2. The molecule has 0 N–H and O–H groups in total. The molecule has 0 aromatic rings. The lowest BCUT2D eigenvalue weighted by Gasteiger charge is -2.13. The van der Waals surface area contributed by atoms with Gasteiger partial charge in [-0.1, -0.05) is 0 Å². The van der Waals surface area contributed by atoms with Crippen molar-refractivity contribution in [3.05, 3.63) is 0 Å². The molecule has 1 aliphatic heterocycles. The van der Waals surface area contributed by atoms with Crippen LogP contribution in [0.25, 0.3) is 0 Å². The molecule has 0 aromatic heterocycles. The monoisotopic (exact) mass is 184 g/mol. The van der Waals surface area contributed by atoms with E-state index in [1.807, 2.05) is 20.3 Å². The Morgan fingerprint density at radius 2 is 2.23 bits per heavy atom. The van der Waals surface area contributed by atoms with Crippen LogP contribution in [0.15, 0.2) is 5.10 Å². The molecule has 13 heavy (non-hydrogen) atoms. The highest BCUT2D eigenvalue weighted by molar-refractivity contribution is 5.64. The minimum atomic E-state index is 0.00334. The van der Waals surface area contributed by atoms with Crippen LogP contribution in [0.2, 0.25) is 0 Å². The number of methoxy groups -OCH3 is 1. The molecule has 4 nitrogen and oxygen atoms in total. The van der Waals surface area contributed by atoms with Crippen LogP contribution in [0.4, 0.5) is 0 Å². The smallest absolute Gasteiger partial charge is 0.161 e. The molecule has 1 heterocycles. The molecular weight excluding hydrogens is 168 g/mol. The molecule has 4 heteroatoms. The number of fused-ring (bicyclic) bond motifs is 1. The molecule has 0 amide bonds. The van der Waals surface area contributed by atoms with Crippen molar-refractivity contribution in [2.75, 3.05) is 21.2 Å². The Morgan fingerprint density at radius 1 is 1.46 bits per heavy atom. The average molecular weight is 184 g/mol. The zero-order chi connectivity index (χ0) is 9.42. The van der Waals surface area contributed by atoms with Crippen molar-refractivity contribution in [1.82, 2.24) is 5.01 Å². The van der Waals surface area contributed by atoms with Gasteiger partial charge in [0.25, 0.3) is 0 Å². The van der Waals surface area contributed by atoms with Gasteiger partial charge in [-0.25, -0.2) is 0 Å². The largest absolute Gasteiger partial charge is 0.356 e. The van der Waals surface area contributed by atoms with E-state index >= 15 is 0 Å². The van der Waals surface area contributed by atoms with Crippen LogP contribution in [-0.4, -0.2) is 44.8 Å². The van der Waals surface area contributed by atoms with E-state index in [0.29, 0.717) is 11.8 Å². The first-order valence-electron chi connectivity index (χ1n) is 4.62. The van der Waals surface area contributed by atoms with E-state index in [4.69, 9.17) is 9.47 Å². The highest BCUT2D eigenvalue weighted by Gasteiger charge is 2.55. The van der Waals surface area contributed by atoms with Crippen LogP contribution in [0.3, 0.4) is 0 Å². The Kier molecular flexibility index (Phi) is 2.26. The third-order valence-electron chi connectivity index (χ3n) is 2.63. The van der Waals surface area contributed by atoms with Crippen molar-refractivity contribution in [2.24, 2.45) is 16.9 Å². The van der Waals surface area contributed by atoms with Crippen LogP contribution in [0.5, 0.6) is 0 Å². The fourth-order valence-corrected chi connectivity index (χ4v) is 1.86. The second-order valence-corrected chi connectivity index (χ2v) is 3.88. The van der Waals surface area contributed by atoms with Gasteiger partial charge in [-0.15, -0.1) is 0 Å². The van der Waals surface area contributed by atoms with Gasteiger partial charge in [-0.2, -0.15) is 5.10 Å². The summed E-state index contributed by atoms with van der Waals surface area (Å²) in [7, 11) is 5.51. The van der Waals surface area contributed by atoms with Crippen LogP contribution in [0.1, 0.15) is 6.42 Å². The molecule has 0 radical (unpaired) electrons. The second kappa shape index (κ2) is 3.27. The topological polar surface area (TPSA) is 34.1 Å². The summed E-state index contributed by atoms with van der Waals surface area (Å²) in [6.07, 6.45) is 3.27. The Balaban J connectivity index is 1.89. The number of rotatable bonds is 3. The lowest BCUT2D eigenvalue weighted by molar-refractivity contribution is -0.120. The Bertz CT molecular complexity index is 218. The van der Waals surface area contributed by atoms with Crippen molar-refractivity contribution < 1.29 is 9.47 Å². The third-order valence-corrected chi connectivity index (χ3v) is 2.63. The van der Waals surface area contributed by atoms with E-state index < -0.39 is 0 Å². The maximum Gasteiger partial charge on any atom is 0.161 e. The van der Waals surface area contributed by atoms with E-state index in [2.05, 4.69) is 5.10 Å². The van der Waals surface area contributed by atoms with E-state index in [9.17, 15) is 0 Å². The summed E-state index contributed by atoms with van der Waals surface area (Å²) in [5.41, 5.74) is 0. The summed E-state index contributed by atoms with van der Waals surface area (Å²) in [4.78, 5) is 0. The van der Waals surface area contributed by atoms with Gasteiger partial charge < -0.3 is 14.5 Å². The summed E-state index contributed by atoms with van der Waals surface area (Å²) in [6.45, 7) is 0. The van der Waals surface area contributed by atoms with E-state index in [-0.39, 0.29) is 12.4 Å². The van der Waals surface area contributed by atoms with Gasteiger partial charge in [-0.3, -0.25) is 0 Å². The number of nitrogens with zero attached hydrogens (tertiary/aromatic N) is 2. The van der Waals surface area contributed by atoms with Crippen LogP contribution >= 0.6 is 0 Å². The van der Waals surface area contributed by atoms with Crippen molar-refractivity contribution in [3.8, 4) is 0 Å². The first kappa shape index (κ1) is 8.97. The maximum absolute atomic E-state index is 5.62. The van der Waals surface area contributed by atoms with E-state index in [1.165, 1.54) is 6.42 Å². The average Bonchev–Trinajstić information content (AvgIpc) is 2.80. The Hall–Kier alpha value is -0.610. The molecule has 2 aliphatic rings. The summed E-state index contributed by atoms with van der Waals surface area (Å²) in [5, 5.41) is 5.96. The highest BCUT2D eigenvalue weighted by Crippen LogP contribution is 2.51. The van der Waals surface area contributed by atoms with Gasteiger partial charge in [0.15, 0.2) is 6.29 Å². The predicted octanol–water partition coefficient (Wildman–Crippen LogP) is 0.541. The molecule has 2 rings (SSSR count). The first-order valence-corrected chi connectivity index (χ1v) is 4.62. The molecule has 0 bridgehead atoms. The van der Waals surface area contributed by atoms with Gasteiger partial charge in [0, 0.05) is 27.1 Å². The normalized spacial score (nSPS) is 42.4. The SMILES string of the molecule is CO[C@H]1O[C@H](/C=N/N(C)C)[C@@H]2C[C@H]12. The van der Waals surface area contributed by atoms with Crippen LogP contribution in [0, 0.1) is 11.8 Å². The molecule has 0 aromatic carbocycles. The van der Waals surface area contributed by atoms with Crippen molar-refractivity contribution in [3.63, 3.8) is 0 Å². The quantitative estimate of drug-likeness (QED) is 0.474. The Labute approximate surface area is 78.5 Å². The second-order valence-electron chi connectivity index (χ2n) is 3.88. The summed E-state index contributed by atoms with van der Waals surface area (Å²) < 4.78 is 10.8. The van der Waals surface area contributed by atoms with Crippen molar-refractivity contribution in [1.29, 1.82) is 0 Å². The molecule has 0 spiro atoms. The zero-order valence-corrected chi connectivity index (χ0v) is 8.30. The molecule has 2 fully saturated rings. The molecule has 1 saturated heterocycles. The molecule has 1 saturated carbocycles. The maximum atomic E-state index is 5.62. The van der Waals surface area contributed by atoms with Gasteiger partial charge in [0.05, 0.1) is 6.21 Å². The standard InChI is InChI=1S/C9H16N2O2/c1-11(2)10-5-8-6-4-7(6)9(12-3)13-8/h5-9H,4H2,1-3H3/b10-5+/t6-,7+,8-,9+/m1/s1. The third kappa shape index (κ3) is 1.69. The minimum absolute atomic E-state index is 0.00334. The van der Waals surface area contributed by atoms with Gasteiger partial charge in [0.1, 0.15) is 6.10 Å². The fraction of sp³-hybridized carbons (Fsp3) is 0.889. The summed E-state index contributed by atoms with van der Waals surface area (Å²) in [5.74, 6) is 1.26. The van der Waals surface area contributed by atoms with Crippen molar-refractivity contribution >= 4 is 6.21 Å². The molecule has 0 unspecified atom stereocenters. The lowest BCUT2D eigenvalue weighted by Crippen LogP contribution is -2.20. The van der Waals surface area contributed by atoms with Gasteiger partial charge in [0.2, 0.25) is 0 Å².